The number of likely N-dealkylation sites (tertiary alicyclic amines) is 1. The van der Waals surface area contributed by atoms with E-state index in [-0.39, 0.29) is 17.8 Å². The van der Waals surface area contributed by atoms with Crippen molar-refractivity contribution in [2.75, 3.05) is 39.2 Å². The van der Waals surface area contributed by atoms with E-state index in [0.717, 1.165) is 36.4 Å². The standard InChI is InChI=1S/C18H24N2O5/c1-12-4-5-14(18(23)25-3)10-15(12)19-16(21)11-20-8-6-13(7-9-20)17(22)24-2/h4-5,10,13H,6-9,11H2,1-3H3,(H,19,21)/p+1. The van der Waals surface area contributed by atoms with Crippen LogP contribution in [-0.2, 0) is 19.1 Å². The van der Waals surface area contributed by atoms with Crippen molar-refractivity contribution in [3.63, 3.8) is 0 Å². The van der Waals surface area contributed by atoms with Crippen molar-refractivity contribution in [3.05, 3.63) is 29.3 Å². The van der Waals surface area contributed by atoms with Gasteiger partial charge in [0.25, 0.3) is 5.91 Å². The largest absolute Gasteiger partial charge is 0.469 e. The number of hydrogen-bond acceptors (Lipinski definition) is 5. The summed E-state index contributed by atoms with van der Waals surface area (Å²) >= 11 is 0. The van der Waals surface area contributed by atoms with Gasteiger partial charge < -0.3 is 19.7 Å². The molecule has 25 heavy (non-hydrogen) atoms. The fraction of sp³-hybridized carbons (Fsp3) is 0.500. The monoisotopic (exact) mass is 349 g/mol. The molecule has 0 saturated carbocycles. The second kappa shape index (κ2) is 8.62. The number of piperidine rings is 1. The van der Waals surface area contributed by atoms with Crippen LogP contribution in [0.3, 0.4) is 0 Å². The number of carbonyl (C=O) groups is 3. The lowest BCUT2D eigenvalue weighted by Crippen LogP contribution is -3.14. The van der Waals surface area contributed by atoms with Crippen LogP contribution in [0.15, 0.2) is 18.2 Å². The van der Waals surface area contributed by atoms with Crippen molar-refractivity contribution >= 4 is 23.5 Å². The zero-order valence-corrected chi connectivity index (χ0v) is 14.9. The van der Waals surface area contributed by atoms with Crippen molar-refractivity contribution < 1.29 is 28.8 Å². The minimum atomic E-state index is -0.439. The summed E-state index contributed by atoms with van der Waals surface area (Å²) in [6.07, 6.45) is 1.46. The Labute approximate surface area is 147 Å². The smallest absolute Gasteiger partial charge is 0.337 e. The molecule has 1 aliphatic heterocycles. The maximum atomic E-state index is 12.3. The van der Waals surface area contributed by atoms with Gasteiger partial charge in [0, 0.05) is 18.5 Å². The van der Waals surface area contributed by atoms with Gasteiger partial charge in [0.15, 0.2) is 6.54 Å². The number of carbonyl (C=O) groups excluding carboxylic acids is 3. The Bertz CT molecular complexity index is 651. The molecule has 2 rings (SSSR count). The Morgan fingerprint density at radius 2 is 1.84 bits per heavy atom. The number of nitrogens with one attached hydrogen (secondary N) is 2. The van der Waals surface area contributed by atoms with Gasteiger partial charge in [0.2, 0.25) is 0 Å². The van der Waals surface area contributed by atoms with Crippen LogP contribution < -0.4 is 10.2 Å². The first-order valence-electron chi connectivity index (χ1n) is 8.34. The molecular formula is C18H25N2O5+. The predicted octanol–water partition coefficient (Wildman–Crippen LogP) is 0.188. The molecule has 0 radical (unpaired) electrons. The summed E-state index contributed by atoms with van der Waals surface area (Å²) in [4.78, 5) is 36.6. The normalized spacial score (nSPS) is 19.8. The molecule has 7 heteroatoms. The Kier molecular flexibility index (Phi) is 6.52. The van der Waals surface area contributed by atoms with Gasteiger partial charge in [0.1, 0.15) is 0 Å². The minimum Gasteiger partial charge on any atom is -0.469 e. The number of ether oxygens (including phenoxy) is 2. The highest BCUT2D eigenvalue weighted by atomic mass is 16.5. The van der Waals surface area contributed by atoms with Crippen LogP contribution in [0, 0.1) is 12.8 Å². The molecule has 1 aromatic carbocycles. The number of aryl methyl sites for hydroxylation is 1. The molecule has 136 valence electrons. The molecule has 0 atom stereocenters. The second-order valence-electron chi connectivity index (χ2n) is 6.29. The van der Waals surface area contributed by atoms with Crippen LogP contribution in [0.2, 0.25) is 0 Å². The van der Waals surface area contributed by atoms with E-state index < -0.39 is 5.97 Å². The van der Waals surface area contributed by atoms with Crippen LogP contribution in [-0.4, -0.2) is 51.7 Å². The number of benzene rings is 1. The van der Waals surface area contributed by atoms with Crippen LogP contribution in [0.25, 0.3) is 0 Å². The molecule has 0 unspecified atom stereocenters. The first-order valence-corrected chi connectivity index (χ1v) is 8.34. The van der Waals surface area contributed by atoms with E-state index >= 15 is 0 Å². The molecule has 0 aliphatic carbocycles. The second-order valence-corrected chi connectivity index (χ2v) is 6.29. The third kappa shape index (κ3) is 5.03. The molecule has 0 bridgehead atoms. The lowest BCUT2D eigenvalue weighted by atomic mass is 9.97. The minimum absolute atomic E-state index is 0.0595. The zero-order chi connectivity index (χ0) is 18.4. The van der Waals surface area contributed by atoms with E-state index in [1.807, 2.05) is 6.92 Å². The Balaban J connectivity index is 1.91. The van der Waals surface area contributed by atoms with E-state index in [9.17, 15) is 14.4 Å². The van der Waals surface area contributed by atoms with Crippen molar-refractivity contribution in [2.24, 2.45) is 5.92 Å². The first-order chi connectivity index (χ1) is 11.9. The average Bonchev–Trinajstić information content (AvgIpc) is 2.62. The molecule has 1 fully saturated rings. The van der Waals surface area contributed by atoms with Crippen molar-refractivity contribution in [1.29, 1.82) is 0 Å². The number of esters is 2. The quantitative estimate of drug-likeness (QED) is 0.741. The summed E-state index contributed by atoms with van der Waals surface area (Å²) in [6.45, 7) is 3.71. The van der Waals surface area contributed by atoms with Gasteiger partial charge in [-0.3, -0.25) is 9.59 Å². The van der Waals surface area contributed by atoms with Crippen molar-refractivity contribution in [1.82, 2.24) is 0 Å². The highest BCUT2D eigenvalue weighted by Gasteiger charge is 2.29. The number of quaternary nitrogens is 1. The van der Waals surface area contributed by atoms with Gasteiger partial charge in [-0.05, 0) is 24.6 Å². The van der Waals surface area contributed by atoms with Crippen LogP contribution >= 0.6 is 0 Å². The van der Waals surface area contributed by atoms with Crippen LogP contribution in [0.1, 0.15) is 28.8 Å². The third-order valence-electron chi connectivity index (χ3n) is 4.57. The van der Waals surface area contributed by atoms with E-state index in [1.165, 1.54) is 14.2 Å². The highest BCUT2D eigenvalue weighted by Crippen LogP contribution is 2.17. The predicted molar refractivity (Wildman–Crippen MR) is 91.5 cm³/mol. The molecule has 2 N–H and O–H groups in total. The Morgan fingerprint density at radius 1 is 1.16 bits per heavy atom. The lowest BCUT2D eigenvalue weighted by Gasteiger charge is -2.27. The average molecular weight is 349 g/mol. The SMILES string of the molecule is COC(=O)c1ccc(C)c(NC(=O)C[NH+]2CCC(C(=O)OC)CC2)c1. The molecule has 1 heterocycles. The Morgan fingerprint density at radius 3 is 2.44 bits per heavy atom. The molecule has 1 saturated heterocycles. The van der Waals surface area contributed by atoms with E-state index in [0.29, 0.717) is 17.8 Å². The number of amides is 1. The van der Waals surface area contributed by atoms with E-state index in [2.05, 4.69) is 5.32 Å². The van der Waals surface area contributed by atoms with E-state index in [1.54, 1.807) is 18.2 Å². The molecule has 7 nitrogen and oxygen atoms in total. The summed E-state index contributed by atoms with van der Waals surface area (Å²) in [7, 11) is 2.72. The number of anilines is 1. The van der Waals surface area contributed by atoms with Gasteiger partial charge in [-0.2, -0.15) is 0 Å². The fourth-order valence-corrected chi connectivity index (χ4v) is 3.03. The summed E-state index contributed by atoms with van der Waals surface area (Å²) in [5.74, 6) is -0.780. The molecule has 0 spiro atoms. The summed E-state index contributed by atoms with van der Waals surface area (Å²) < 4.78 is 9.48. The van der Waals surface area contributed by atoms with E-state index in [4.69, 9.17) is 9.47 Å². The number of hydrogen-bond donors (Lipinski definition) is 2. The van der Waals surface area contributed by atoms with Gasteiger partial charge in [-0.25, -0.2) is 4.79 Å². The van der Waals surface area contributed by atoms with Gasteiger partial charge in [-0.1, -0.05) is 6.07 Å². The number of rotatable bonds is 5. The van der Waals surface area contributed by atoms with Crippen molar-refractivity contribution in [2.45, 2.75) is 19.8 Å². The molecule has 1 aliphatic rings. The summed E-state index contributed by atoms with van der Waals surface area (Å²) in [5, 5.41) is 2.86. The van der Waals surface area contributed by atoms with Gasteiger partial charge in [0.05, 0.1) is 38.8 Å². The maximum Gasteiger partial charge on any atom is 0.337 e. The topological polar surface area (TPSA) is 86.1 Å². The molecular weight excluding hydrogens is 324 g/mol. The first kappa shape index (κ1) is 18.9. The Hall–Kier alpha value is -2.41. The van der Waals surface area contributed by atoms with Crippen molar-refractivity contribution in [3.8, 4) is 0 Å². The van der Waals surface area contributed by atoms with Gasteiger partial charge >= 0.3 is 11.9 Å². The van der Waals surface area contributed by atoms with Crippen LogP contribution in [0.4, 0.5) is 5.69 Å². The maximum absolute atomic E-state index is 12.3. The lowest BCUT2D eigenvalue weighted by molar-refractivity contribution is -0.897. The summed E-state index contributed by atoms with van der Waals surface area (Å²) in [5.41, 5.74) is 1.88. The molecule has 0 aromatic heterocycles. The summed E-state index contributed by atoms with van der Waals surface area (Å²) in [6, 6.07) is 5.06. The van der Waals surface area contributed by atoms with Crippen LogP contribution in [0.5, 0.6) is 0 Å². The van der Waals surface area contributed by atoms with Gasteiger partial charge in [-0.15, -0.1) is 0 Å². The highest BCUT2D eigenvalue weighted by molar-refractivity contribution is 5.95. The number of methoxy groups -OCH3 is 2. The third-order valence-corrected chi connectivity index (χ3v) is 4.57. The molecule has 1 amide bonds. The molecule has 1 aromatic rings. The fourth-order valence-electron chi connectivity index (χ4n) is 3.03. The zero-order valence-electron chi connectivity index (χ0n) is 14.9.